The van der Waals surface area contributed by atoms with Crippen molar-refractivity contribution < 1.29 is 14.0 Å². The molecule has 1 aliphatic heterocycles. The van der Waals surface area contributed by atoms with E-state index < -0.39 is 11.7 Å². The summed E-state index contributed by atoms with van der Waals surface area (Å²) in [6.07, 6.45) is 2.52. The van der Waals surface area contributed by atoms with Gasteiger partial charge in [-0.2, -0.15) is 0 Å². The molecule has 2 amide bonds. The van der Waals surface area contributed by atoms with E-state index in [2.05, 4.69) is 15.5 Å². The summed E-state index contributed by atoms with van der Waals surface area (Å²) >= 11 is 1.87. The largest absolute Gasteiger partial charge is 0.371 e. The first-order valence-electron chi connectivity index (χ1n) is 9.33. The molecule has 1 saturated heterocycles. The van der Waals surface area contributed by atoms with E-state index in [1.807, 2.05) is 46.9 Å². The monoisotopic (exact) mass is 495 g/mol. The molecule has 5 nitrogen and oxygen atoms in total. The summed E-state index contributed by atoms with van der Waals surface area (Å²) in [6, 6.07) is 11.7. The summed E-state index contributed by atoms with van der Waals surface area (Å²) in [5.41, 5.74) is 2.09. The van der Waals surface area contributed by atoms with Crippen LogP contribution in [0.25, 0.3) is 0 Å². The highest BCUT2D eigenvalue weighted by atomic mass is 127. The Labute approximate surface area is 177 Å². The third kappa shape index (κ3) is 5.43. The topological polar surface area (TPSA) is 61.4 Å². The number of halogens is 2. The van der Waals surface area contributed by atoms with Crippen LogP contribution in [0.3, 0.4) is 0 Å². The lowest BCUT2D eigenvalue weighted by atomic mass is 10.1. The van der Waals surface area contributed by atoms with E-state index in [1.165, 1.54) is 18.9 Å². The second-order valence-corrected chi connectivity index (χ2v) is 8.16. The Bertz CT molecular complexity index is 868. The van der Waals surface area contributed by atoms with Gasteiger partial charge in [0.05, 0.1) is 0 Å². The van der Waals surface area contributed by atoms with E-state index in [4.69, 9.17) is 0 Å². The molecule has 3 rings (SSSR count). The molecule has 2 N–H and O–H groups in total. The van der Waals surface area contributed by atoms with E-state index >= 15 is 0 Å². The fraction of sp³-hybridized carbons (Fsp3) is 0.333. The van der Waals surface area contributed by atoms with Crippen molar-refractivity contribution in [2.45, 2.75) is 32.2 Å². The smallest absolute Gasteiger partial charge is 0.251 e. The number of hydrogen-bond acceptors (Lipinski definition) is 3. The number of rotatable bonds is 6. The zero-order valence-corrected chi connectivity index (χ0v) is 17.8. The minimum absolute atomic E-state index is 0.131. The van der Waals surface area contributed by atoms with Gasteiger partial charge in [0, 0.05) is 46.1 Å². The van der Waals surface area contributed by atoms with Crippen LogP contribution in [0.2, 0.25) is 0 Å². The van der Waals surface area contributed by atoms with Crippen molar-refractivity contribution >= 4 is 45.8 Å². The number of carbonyl (C=O) groups excluding carboxylic acids is 2. The lowest BCUT2D eigenvalue weighted by Gasteiger charge is -2.19. The lowest BCUT2D eigenvalue weighted by Crippen LogP contribution is -2.35. The summed E-state index contributed by atoms with van der Waals surface area (Å²) in [5, 5.41) is 5.63. The van der Waals surface area contributed by atoms with Gasteiger partial charge < -0.3 is 15.5 Å². The van der Waals surface area contributed by atoms with Crippen LogP contribution in [-0.4, -0.2) is 30.9 Å². The molecule has 1 aliphatic rings. The summed E-state index contributed by atoms with van der Waals surface area (Å²) in [5.74, 6) is -1.01. The molecule has 0 aliphatic carbocycles. The van der Waals surface area contributed by atoms with Gasteiger partial charge in [0.1, 0.15) is 5.82 Å². The summed E-state index contributed by atoms with van der Waals surface area (Å²) in [7, 11) is 0. The van der Waals surface area contributed by atoms with Gasteiger partial charge >= 0.3 is 0 Å². The van der Waals surface area contributed by atoms with Gasteiger partial charge in [0.2, 0.25) is 5.91 Å². The van der Waals surface area contributed by atoms with Gasteiger partial charge in [-0.05, 0) is 78.8 Å². The maximum Gasteiger partial charge on any atom is 0.251 e. The average molecular weight is 495 g/mol. The molecule has 1 fully saturated rings. The van der Waals surface area contributed by atoms with Gasteiger partial charge in [0.15, 0.2) is 0 Å². The maximum absolute atomic E-state index is 13.6. The zero-order chi connectivity index (χ0) is 20.1. The number of carbonyl (C=O) groups is 2. The van der Waals surface area contributed by atoms with Gasteiger partial charge in [-0.1, -0.05) is 6.07 Å². The first-order chi connectivity index (χ1) is 13.4. The van der Waals surface area contributed by atoms with Crippen LogP contribution in [-0.2, 0) is 4.79 Å². The zero-order valence-electron chi connectivity index (χ0n) is 15.7. The number of hydrogen-bond donors (Lipinski definition) is 2. The van der Waals surface area contributed by atoms with E-state index in [0.29, 0.717) is 3.57 Å². The minimum Gasteiger partial charge on any atom is -0.371 e. The SMILES string of the molecule is CC(CC(=O)Nc1cccc(N2CCCC2)c1)NC(=O)c1ccc(I)c(F)c1. The Morgan fingerprint density at radius 1 is 1.18 bits per heavy atom. The molecular weight excluding hydrogens is 472 g/mol. The number of nitrogens with one attached hydrogen (secondary N) is 2. The molecule has 0 spiro atoms. The Kier molecular flexibility index (Phi) is 6.88. The van der Waals surface area contributed by atoms with Crippen LogP contribution in [0, 0.1) is 9.39 Å². The van der Waals surface area contributed by atoms with Gasteiger partial charge in [-0.3, -0.25) is 9.59 Å². The molecule has 0 aromatic heterocycles. The quantitative estimate of drug-likeness (QED) is 0.592. The molecule has 148 valence electrons. The predicted octanol–water partition coefficient (Wildman–Crippen LogP) is 4.18. The molecule has 1 heterocycles. The molecule has 0 bridgehead atoms. The van der Waals surface area contributed by atoms with Crippen molar-refractivity contribution in [2.24, 2.45) is 0 Å². The van der Waals surface area contributed by atoms with E-state index in [1.54, 1.807) is 19.1 Å². The molecule has 1 unspecified atom stereocenters. The third-order valence-corrected chi connectivity index (χ3v) is 5.53. The summed E-state index contributed by atoms with van der Waals surface area (Å²) < 4.78 is 14.1. The molecule has 2 aromatic rings. The number of benzene rings is 2. The predicted molar refractivity (Wildman–Crippen MR) is 117 cm³/mol. The fourth-order valence-corrected chi connectivity index (χ4v) is 3.58. The number of anilines is 2. The van der Waals surface area contributed by atoms with Crippen molar-refractivity contribution in [3.05, 3.63) is 57.4 Å². The minimum atomic E-state index is -0.434. The molecule has 1 atom stereocenters. The van der Waals surface area contributed by atoms with Crippen molar-refractivity contribution in [3.8, 4) is 0 Å². The highest BCUT2D eigenvalue weighted by Crippen LogP contribution is 2.23. The van der Waals surface area contributed by atoms with Crippen molar-refractivity contribution in [3.63, 3.8) is 0 Å². The Morgan fingerprint density at radius 2 is 1.93 bits per heavy atom. The normalized spacial score (nSPS) is 14.6. The molecule has 28 heavy (non-hydrogen) atoms. The van der Waals surface area contributed by atoms with E-state index in [0.717, 1.165) is 24.5 Å². The van der Waals surface area contributed by atoms with Crippen LogP contribution in [0.15, 0.2) is 42.5 Å². The van der Waals surface area contributed by atoms with Gasteiger partial charge in [-0.25, -0.2) is 4.39 Å². The Morgan fingerprint density at radius 3 is 2.64 bits per heavy atom. The summed E-state index contributed by atoms with van der Waals surface area (Å²) in [4.78, 5) is 26.9. The van der Waals surface area contributed by atoms with Crippen molar-refractivity contribution in [1.82, 2.24) is 5.32 Å². The van der Waals surface area contributed by atoms with Gasteiger partial charge in [-0.15, -0.1) is 0 Å². The third-order valence-electron chi connectivity index (χ3n) is 4.65. The second-order valence-electron chi connectivity index (χ2n) is 7.00. The average Bonchev–Trinajstić information content (AvgIpc) is 3.18. The molecule has 2 aromatic carbocycles. The Hall–Kier alpha value is -2.16. The number of amides is 2. The van der Waals surface area contributed by atoms with Crippen LogP contribution in [0.4, 0.5) is 15.8 Å². The molecular formula is C21H23FIN3O2. The first-order valence-corrected chi connectivity index (χ1v) is 10.4. The molecule has 7 heteroatoms. The maximum atomic E-state index is 13.6. The van der Waals surface area contributed by atoms with Crippen LogP contribution >= 0.6 is 22.6 Å². The highest BCUT2D eigenvalue weighted by Gasteiger charge is 2.16. The first kappa shape index (κ1) is 20.6. The summed E-state index contributed by atoms with van der Waals surface area (Å²) in [6.45, 7) is 3.83. The lowest BCUT2D eigenvalue weighted by molar-refractivity contribution is -0.116. The van der Waals surface area contributed by atoms with Crippen LogP contribution < -0.4 is 15.5 Å². The Balaban J connectivity index is 1.53. The highest BCUT2D eigenvalue weighted by molar-refractivity contribution is 14.1. The number of nitrogens with zero attached hydrogens (tertiary/aromatic N) is 1. The van der Waals surface area contributed by atoms with E-state index in [9.17, 15) is 14.0 Å². The van der Waals surface area contributed by atoms with E-state index in [-0.39, 0.29) is 23.9 Å². The van der Waals surface area contributed by atoms with Crippen LogP contribution in [0.5, 0.6) is 0 Å². The van der Waals surface area contributed by atoms with Crippen LogP contribution in [0.1, 0.15) is 36.5 Å². The van der Waals surface area contributed by atoms with Crippen molar-refractivity contribution in [2.75, 3.05) is 23.3 Å². The molecule has 0 saturated carbocycles. The van der Waals surface area contributed by atoms with Gasteiger partial charge in [0.25, 0.3) is 5.91 Å². The fourth-order valence-electron chi connectivity index (χ4n) is 3.24. The second kappa shape index (κ2) is 9.36. The standard InChI is InChI=1S/C21H23FIN3O2/c1-14(24-21(28)15-7-8-19(23)18(22)12-15)11-20(27)25-16-5-4-6-17(13-16)26-9-2-3-10-26/h4-8,12-14H,2-3,9-11H2,1H3,(H,24,28)(H,25,27). The molecule has 0 radical (unpaired) electrons. The van der Waals surface area contributed by atoms with Crippen molar-refractivity contribution in [1.29, 1.82) is 0 Å².